The summed E-state index contributed by atoms with van der Waals surface area (Å²) in [6.45, 7) is 3.72. The number of amides is 2. The normalized spacial score (nSPS) is 14.9. The van der Waals surface area contributed by atoms with Crippen LogP contribution < -0.4 is 15.0 Å². The first kappa shape index (κ1) is 24.0. The summed E-state index contributed by atoms with van der Waals surface area (Å²) in [6.07, 6.45) is 5.35. The number of rotatable bonds is 7. The van der Waals surface area contributed by atoms with Crippen LogP contribution in [0.4, 0.5) is 5.69 Å². The van der Waals surface area contributed by atoms with Gasteiger partial charge in [0, 0.05) is 11.7 Å². The van der Waals surface area contributed by atoms with Crippen molar-refractivity contribution >= 4 is 28.8 Å². The molecular weight excluding hydrogens is 446 g/mol. The molecule has 0 aliphatic heterocycles. The lowest BCUT2D eigenvalue weighted by molar-refractivity contribution is -0.123. The molecule has 1 atom stereocenters. The second-order valence-corrected chi connectivity index (χ2v) is 9.88. The zero-order chi connectivity index (χ0) is 24.1. The monoisotopic (exact) mass is 477 g/mol. The summed E-state index contributed by atoms with van der Waals surface area (Å²) in [5.41, 5.74) is 2.07. The molecule has 7 heteroatoms. The minimum absolute atomic E-state index is 0.127. The van der Waals surface area contributed by atoms with Crippen molar-refractivity contribution < 1.29 is 14.3 Å². The standard InChI is InChI=1S/C27H31N3O3S/c1-18-25(34-19(2)28-18)27(32)30(22-12-8-5-9-13-22)24(20-14-16-23(33-3)17-15-20)26(31)29-21-10-6-4-7-11-21/h5,8-9,12-17,21,24H,4,6-7,10-11H2,1-3H3,(H,29,31)/t24-/m0/s1. The number of nitrogens with zero attached hydrogens (tertiary/aromatic N) is 2. The average Bonchev–Trinajstić information content (AvgIpc) is 3.21. The molecule has 4 rings (SSSR count). The van der Waals surface area contributed by atoms with Gasteiger partial charge in [-0.25, -0.2) is 4.98 Å². The fourth-order valence-electron chi connectivity index (χ4n) is 4.54. The molecule has 0 bridgehead atoms. The molecule has 178 valence electrons. The average molecular weight is 478 g/mol. The second kappa shape index (κ2) is 10.8. The molecule has 2 amide bonds. The third kappa shape index (κ3) is 5.30. The van der Waals surface area contributed by atoms with Crippen molar-refractivity contribution in [1.82, 2.24) is 10.3 Å². The number of anilines is 1. The molecule has 2 aromatic carbocycles. The number of methoxy groups -OCH3 is 1. The first-order valence-corrected chi connectivity index (χ1v) is 12.6. The number of nitrogens with one attached hydrogen (secondary N) is 1. The molecule has 3 aromatic rings. The molecule has 0 radical (unpaired) electrons. The highest BCUT2D eigenvalue weighted by molar-refractivity contribution is 7.13. The lowest BCUT2D eigenvalue weighted by Crippen LogP contribution is -2.47. The highest BCUT2D eigenvalue weighted by Gasteiger charge is 2.36. The Morgan fingerprint density at radius 3 is 2.29 bits per heavy atom. The van der Waals surface area contributed by atoms with E-state index < -0.39 is 6.04 Å². The van der Waals surface area contributed by atoms with Crippen LogP contribution in [0.1, 0.15) is 64.1 Å². The van der Waals surface area contributed by atoms with E-state index in [9.17, 15) is 9.59 Å². The Morgan fingerprint density at radius 1 is 1.03 bits per heavy atom. The van der Waals surface area contributed by atoms with Crippen LogP contribution in [0.25, 0.3) is 0 Å². The van der Waals surface area contributed by atoms with Gasteiger partial charge in [-0.1, -0.05) is 49.6 Å². The number of aryl methyl sites for hydroxylation is 2. The van der Waals surface area contributed by atoms with Gasteiger partial charge in [-0.05, 0) is 56.5 Å². The summed E-state index contributed by atoms with van der Waals surface area (Å²) in [7, 11) is 1.61. The summed E-state index contributed by atoms with van der Waals surface area (Å²) < 4.78 is 5.32. The first-order chi connectivity index (χ1) is 16.5. The van der Waals surface area contributed by atoms with Gasteiger partial charge in [0.05, 0.1) is 17.8 Å². The zero-order valence-corrected chi connectivity index (χ0v) is 20.7. The molecule has 1 aromatic heterocycles. The van der Waals surface area contributed by atoms with Crippen LogP contribution in [0, 0.1) is 13.8 Å². The Hall–Kier alpha value is -3.19. The van der Waals surface area contributed by atoms with E-state index in [1.54, 1.807) is 12.0 Å². The van der Waals surface area contributed by atoms with E-state index in [-0.39, 0.29) is 17.9 Å². The van der Waals surface area contributed by atoms with E-state index in [1.165, 1.54) is 17.8 Å². The molecule has 0 saturated heterocycles. The van der Waals surface area contributed by atoms with Gasteiger partial charge in [0.25, 0.3) is 5.91 Å². The quantitative estimate of drug-likeness (QED) is 0.480. The van der Waals surface area contributed by atoms with Crippen LogP contribution in [0.15, 0.2) is 54.6 Å². The molecule has 1 saturated carbocycles. The summed E-state index contributed by atoms with van der Waals surface area (Å²) in [5.74, 6) is 0.295. The van der Waals surface area contributed by atoms with Crippen molar-refractivity contribution in [3.05, 3.63) is 75.7 Å². The Balaban J connectivity index is 1.80. The Kier molecular flexibility index (Phi) is 7.63. The van der Waals surface area contributed by atoms with Gasteiger partial charge in [-0.2, -0.15) is 0 Å². The lowest BCUT2D eigenvalue weighted by Gasteiger charge is -2.33. The minimum atomic E-state index is -0.829. The van der Waals surface area contributed by atoms with E-state index in [0.717, 1.165) is 36.3 Å². The Labute approximate surface area is 205 Å². The van der Waals surface area contributed by atoms with Gasteiger partial charge in [-0.15, -0.1) is 11.3 Å². The summed E-state index contributed by atoms with van der Waals surface area (Å²) in [6, 6.07) is 16.1. The second-order valence-electron chi connectivity index (χ2n) is 8.68. The van der Waals surface area contributed by atoms with E-state index in [0.29, 0.717) is 22.0 Å². The van der Waals surface area contributed by atoms with Crippen LogP contribution in [-0.4, -0.2) is 29.9 Å². The molecule has 1 aliphatic carbocycles. The number of ether oxygens (including phenoxy) is 1. The number of thiazole rings is 1. The Bertz CT molecular complexity index is 1120. The number of hydrogen-bond donors (Lipinski definition) is 1. The molecule has 1 fully saturated rings. The molecule has 6 nitrogen and oxygen atoms in total. The fraction of sp³-hybridized carbons (Fsp3) is 0.370. The molecule has 34 heavy (non-hydrogen) atoms. The maximum absolute atomic E-state index is 14.0. The number of aromatic nitrogens is 1. The van der Waals surface area contributed by atoms with Gasteiger partial charge in [-0.3, -0.25) is 14.5 Å². The summed E-state index contributed by atoms with van der Waals surface area (Å²) in [4.78, 5) is 34.5. The topological polar surface area (TPSA) is 71.5 Å². The minimum Gasteiger partial charge on any atom is -0.497 e. The molecule has 1 heterocycles. The van der Waals surface area contributed by atoms with Crippen molar-refractivity contribution in [2.45, 2.75) is 58.0 Å². The van der Waals surface area contributed by atoms with Crippen LogP contribution >= 0.6 is 11.3 Å². The van der Waals surface area contributed by atoms with Crippen LogP contribution in [-0.2, 0) is 4.79 Å². The molecule has 1 N–H and O–H groups in total. The summed E-state index contributed by atoms with van der Waals surface area (Å²) in [5, 5.41) is 4.07. The zero-order valence-electron chi connectivity index (χ0n) is 19.9. The van der Waals surface area contributed by atoms with E-state index in [4.69, 9.17) is 4.74 Å². The maximum atomic E-state index is 14.0. The van der Waals surface area contributed by atoms with Gasteiger partial charge in [0.15, 0.2) is 0 Å². The smallest absolute Gasteiger partial charge is 0.271 e. The van der Waals surface area contributed by atoms with Crippen LogP contribution in [0.2, 0.25) is 0 Å². The van der Waals surface area contributed by atoms with E-state index >= 15 is 0 Å². The van der Waals surface area contributed by atoms with Crippen molar-refractivity contribution in [3.8, 4) is 5.75 Å². The number of carbonyl (C=O) groups is 2. The fourth-order valence-corrected chi connectivity index (χ4v) is 5.40. The largest absolute Gasteiger partial charge is 0.497 e. The van der Waals surface area contributed by atoms with Crippen LogP contribution in [0.5, 0.6) is 5.75 Å². The lowest BCUT2D eigenvalue weighted by atomic mass is 9.94. The first-order valence-electron chi connectivity index (χ1n) is 11.7. The third-order valence-corrected chi connectivity index (χ3v) is 7.30. The van der Waals surface area contributed by atoms with Crippen molar-refractivity contribution in [3.63, 3.8) is 0 Å². The van der Waals surface area contributed by atoms with Gasteiger partial charge in [0.1, 0.15) is 16.7 Å². The van der Waals surface area contributed by atoms with Crippen molar-refractivity contribution in [2.24, 2.45) is 0 Å². The number of benzene rings is 2. The maximum Gasteiger partial charge on any atom is 0.271 e. The highest BCUT2D eigenvalue weighted by atomic mass is 32.1. The predicted molar refractivity (Wildman–Crippen MR) is 136 cm³/mol. The number of hydrogen-bond acceptors (Lipinski definition) is 5. The predicted octanol–water partition coefficient (Wildman–Crippen LogP) is 5.61. The van der Waals surface area contributed by atoms with E-state index in [1.807, 2.05) is 68.4 Å². The molecule has 0 spiro atoms. The third-order valence-electron chi connectivity index (χ3n) is 6.24. The Morgan fingerprint density at radius 2 is 1.71 bits per heavy atom. The van der Waals surface area contributed by atoms with Crippen molar-refractivity contribution in [2.75, 3.05) is 12.0 Å². The molecule has 0 unspecified atom stereocenters. The molecular formula is C27H31N3O3S. The SMILES string of the molecule is COc1ccc([C@@H](C(=O)NC2CCCCC2)N(C(=O)c2sc(C)nc2C)c2ccccc2)cc1. The van der Waals surface area contributed by atoms with Crippen molar-refractivity contribution in [1.29, 1.82) is 0 Å². The van der Waals surface area contributed by atoms with Gasteiger partial charge in [0.2, 0.25) is 5.91 Å². The number of carbonyl (C=O) groups excluding carboxylic acids is 2. The highest BCUT2D eigenvalue weighted by Crippen LogP contribution is 2.33. The van der Waals surface area contributed by atoms with Crippen LogP contribution in [0.3, 0.4) is 0 Å². The number of para-hydroxylation sites is 1. The van der Waals surface area contributed by atoms with Gasteiger partial charge < -0.3 is 10.1 Å². The van der Waals surface area contributed by atoms with E-state index in [2.05, 4.69) is 10.3 Å². The molecule has 1 aliphatic rings. The van der Waals surface area contributed by atoms with Gasteiger partial charge >= 0.3 is 0 Å². The summed E-state index contributed by atoms with van der Waals surface area (Å²) >= 11 is 1.36.